The van der Waals surface area contributed by atoms with Crippen LogP contribution < -0.4 is 5.32 Å². The summed E-state index contributed by atoms with van der Waals surface area (Å²) in [7, 11) is 4.04. The predicted octanol–water partition coefficient (Wildman–Crippen LogP) is 0.127. The van der Waals surface area contributed by atoms with E-state index in [-0.39, 0.29) is 0 Å². The second-order valence-electron chi connectivity index (χ2n) is 3.33. The molecule has 70 valence electrons. The van der Waals surface area contributed by atoms with Gasteiger partial charge in [0.15, 0.2) is 5.11 Å². The summed E-state index contributed by atoms with van der Waals surface area (Å²) in [6, 6.07) is 0.602. The fourth-order valence-electron chi connectivity index (χ4n) is 1.39. The van der Waals surface area contributed by atoms with E-state index >= 15 is 0 Å². The van der Waals surface area contributed by atoms with Gasteiger partial charge in [0.1, 0.15) is 0 Å². The molecule has 3 nitrogen and oxygen atoms in total. The van der Waals surface area contributed by atoms with Crippen molar-refractivity contribution in [3.8, 4) is 0 Å². The van der Waals surface area contributed by atoms with Crippen molar-refractivity contribution in [1.82, 2.24) is 15.1 Å². The van der Waals surface area contributed by atoms with Gasteiger partial charge >= 0.3 is 0 Å². The summed E-state index contributed by atoms with van der Waals surface area (Å²) in [6.45, 7) is 5.41. The second kappa shape index (κ2) is 4.05. The molecule has 0 bridgehead atoms. The van der Waals surface area contributed by atoms with Crippen LogP contribution in [0, 0.1) is 0 Å². The molecule has 1 atom stereocenters. The molecular weight excluding hydrogens is 170 g/mol. The van der Waals surface area contributed by atoms with Gasteiger partial charge in [-0.15, -0.1) is 0 Å². The Morgan fingerprint density at radius 2 is 2.17 bits per heavy atom. The Balaban J connectivity index is 2.45. The molecule has 1 aliphatic heterocycles. The zero-order valence-electron chi connectivity index (χ0n) is 8.00. The van der Waals surface area contributed by atoms with Crippen molar-refractivity contribution < 1.29 is 0 Å². The number of piperazine rings is 1. The summed E-state index contributed by atoms with van der Waals surface area (Å²) in [4.78, 5) is 4.58. The largest absolute Gasteiger partial charge is 0.366 e. The average Bonchev–Trinajstić information content (AvgIpc) is 2.08. The second-order valence-corrected chi connectivity index (χ2v) is 3.72. The summed E-state index contributed by atoms with van der Waals surface area (Å²) < 4.78 is 0. The first-order valence-electron chi connectivity index (χ1n) is 4.32. The van der Waals surface area contributed by atoms with E-state index in [4.69, 9.17) is 12.2 Å². The fourth-order valence-corrected chi connectivity index (χ4v) is 1.56. The molecule has 1 saturated heterocycles. The summed E-state index contributed by atoms with van der Waals surface area (Å²) in [5, 5.41) is 3.88. The lowest BCUT2D eigenvalue weighted by Crippen LogP contribution is -2.53. The van der Waals surface area contributed by atoms with Gasteiger partial charge in [-0.2, -0.15) is 0 Å². The number of nitrogens with zero attached hydrogens (tertiary/aromatic N) is 2. The Bertz CT molecular complexity index is 172. The van der Waals surface area contributed by atoms with Crippen LogP contribution in [0.2, 0.25) is 0 Å². The van der Waals surface area contributed by atoms with Crippen molar-refractivity contribution >= 4 is 17.3 Å². The first-order chi connectivity index (χ1) is 5.65. The van der Waals surface area contributed by atoms with Crippen molar-refractivity contribution in [2.75, 3.05) is 33.7 Å². The molecule has 1 rings (SSSR count). The molecular formula is C8H17N3S. The fraction of sp³-hybridized carbons (Fsp3) is 0.875. The molecule has 1 unspecified atom stereocenters. The van der Waals surface area contributed by atoms with E-state index in [1.54, 1.807) is 0 Å². The molecule has 0 radical (unpaired) electrons. The lowest BCUT2D eigenvalue weighted by molar-refractivity contribution is 0.152. The van der Waals surface area contributed by atoms with Crippen LogP contribution in [-0.4, -0.2) is 54.7 Å². The predicted molar refractivity (Wildman–Crippen MR) is 55.3 cm³/mol. The zero-order valence-corrected chi connectivity index (χ0v) is 8.82. The average molecular weight is 187 g/mol. The number of likely N-dealkylation sites (N-methyl/N-ethyl adjacent to an activating group) is 1. The minimum atomic E-state index is 0.602. The van der Waals surface area contributed by atoms with E-state index in [0.717, 1.165) is 24.7 Å². The molecule has 0 aromatic carbocycles. The molecule has 0 aliphatic carbocycles. The summed E-state index contributed by atoms with van der Waals surface area (Å²) in [5.74, 6) is 0. The molecule has 0 spiro atoms. The Hall–Kier alpha value is -0.350. The summed E-state index contributed by atoms with van der Waals surface area (Å²) in [6.07, 6.45) is 0. The van der Waals surface area contributed by atoms with Crippen molar-refractivity contribution in [2.24, 2.45) is 0 Å². The maximum Gasteiger partial charge on any atom is 0.168 e. The number of nitrogens with one attached hydrogen (secondary N) is 1. The van der Waals surface area contributed by atoms with Crippen LogP contribution in [0.4, 0.5) is 0 Å². The maximum atomic E-state index is 5.16. The molecule has 0 aromatic heterocycles. The Labute approximate surface area is 79.7 Å². The topological polar surface area (TPSA) is 18.5 Å². The SMILES string of the molecule is CNC(=S)N1CCN(C)C(C)C1. The normalized spacial score (nSPS) is 25.6. The Morgan fingerprint density at radius 1 is 1.50 bits per heavy atom. The number of hydrogen-bond donors (Lipinski definition) is 1. The van der Waals surface area contributed by atoms with Crippen molar-refractivity contribution in [3.63, 3.8) is 0 Å². The van der Waals surface area contributed by atoms with E-state index in [9.17, 15) is 0 Å². The van der Waals surface area contributed by atoms with E-state index in [2.05, 4.69) is 29.1 Å². The molecule has 4 heteroatoms. The van der Waals surface area contributed by atoms with E-state index < -0.39 is 0 Å². The van der Waals surface area contributed by atoms with E-state index in [1.807, 2.05) is 7.05 Å². The molecule has 1 fully saturated rings. The van der Waals surface area contributed by atoms with Gasteiger partial charge < -0.3 is 15.1 Å². The third-order valence-electron chi connectivity index (χ3n) is 2.46. The lowest BCUT2D eigenvalue weighted by Gasteiger charge is -2.38. The Morgan fingerprint density at radius 3 is 2.67 bits per heavy atom. The third-order valence-corrected chi connectivity index (χ3v) is 2.92. The number of rotatable bonds is 0. The monoisotopic (exact) mass is 187 g/mol. The third kappa shape index (κ3) is 2.08. The first kappa shape index (κ1) is 9.74. The highest BCUT2D eigenvalue weighted by Gasteiger charge is 2.21. The maximum absolute atomic E-state index is 5.16. The van der Waals surface area contributed by atoms with Crippen LogP contribution in [-0.2, 0) is 0 Å². The minimum Gasteiger partial charge on any atom is -0.366 e. The van der Waals surface area contributed by atoms with Crippen LogP contribution in [0.25, 0.3) is 0 Å². The zero-order chi connectivity index (χ0) is 9.14. The molecule has 0 amide bonds. The van der Waals surface area contributed by atoms with Crippen molar-refractivity contribution in [2.45, 2.75) is 13.0 Å². The van der Waals surface area contributed by atoms with E-state index in [1.165, 1.54) is 0 Å². The highest BCUT2D eigenvalue weighted by atomic mass is 32.1. The molecule has 0 saturated carbocycles. The molecule has 12 heavy (non-hydrogen) atoms. The lowest BCUT2D eigenvalue weighted by atomic mass is 10.2. The van der Waals surface area contributed by atoms with Crippen LogP contribution in [0.3, 0.4) is 0 Å². The standard InChI is InChI=1S/C8H17N3S/c1-7-6-11(8(12)9-2)5-4-10(7)3/h7H,4-6H2,1-3H3,(H,9,12). The summed E-state index contributed by atoms with van der Waals surface area (Å²) >= 11 is 5.16. The highest BCUT2D eigenvalue weighted by Crippen LogP contribution is 2.06. The van der Waals surface area contributed by atoms with Crippen LogP contribution >= 0.6 is 12.2 Å². The van der Waals surface area contributed by atoms with Gasteiger partial charge in [0, 0.05) is 32.7 Å². The highest BCUT2D eigenvalue weighted by molar-refractivity contribution is 7.80. The molecule has 1 N–H and O–H groups in total. The Kier molecular flexibility index (Phi) is 3.29. The van der Waals surface area contributed by atoms with Crippen LogP contribution in [0.5, 0.6) is 0 Å². The molecule has 1 heterocycles. The van der Waals surface area contributed by atoms with Crippen molar-refractivity contribution in [3.05, 3.63) is 0 Å². The van der Waals surface area contributed by atoms with Gasteiger partial charge in [0.2, 0.25) is 0 Å². The quantitative estimate of drug-likeness (QED) is 0.543. The molecule has 1 aliphatic rings. The van der Waals surface area contributed by atoms with Crippen LogP contribution in [0.15, 0.2) is 0 Å². The smallest absolute Gasteiger partial charge is 0.168 e. The number of hydrogen-bond acceptors (Lipinski definition) is 2. The van der Waals surface area contributed by atoms with Crippen LogP contribution in [0.1, 0.15) is 6.92 Å². The first-order valence-corrected chi connectivity index (χ1v) is 4.73. The van der Waals surface area contributed by atoms with Crippen molar-refractivity contribution in [1.29, 1.82) is 0 Å². The van der Waals surface area contributed by atoms with Gasteiger partial charge in [0.05, 0.1) is 0 Å². The van der Waals surface area contributed by atoms with Gasteiger partial charge in [-0.25, -0.2) is 0 Å². The number of thiocarbonyl (C=S) groups is 1. The van der Waals surface area contributed by atoms with Gasteiger partial charge in [-0.1, -0.05) is 0 Å². The van der Waals surface area contributed by atoms with E-state index in [0.29, 0.717) is 6.04 Å². The van der Waals surface area contributed by atoms with Gasteiger partial charge in [-0.05, 0) is 26.2 Å². The van der Waals surface area contributed by atoms with Gasteiger partial charge in [0.25, 0.3) is 0 Å². The molecule has 0 aromatic rings. The summed E-state index contributed by atoms with van der Waals surface area (Å²) in [5.41, 5.74) is 0. The van der Waals surface area contributed by atoms with Gasteiger partial charge in [-0.3, -0.25) is 0 Å². The minimum absolute atomic E-state index is 0.602.